The van der Waals surface area contributed by atoms with Gasteiger partial charge in [-0.15, -0.1) is 0 Å². The Morgan fingerprint density at radius 1 is 1.21 bits per heavy atom. The maximum Gasteiger partial charge on any atom is 0.258 e. The number of hydrogen-bond acceptors (Lipinski definition) is 4. The van der Waals surface area contributed by atoms with Gasteiger partial charge in [-0.05, 0) is 44.5 Å². The Kier molecular flexibility index (Phi) is 4.25. The molecule has 126 valence electrons. The molecule has 3 rings (SSSR count). The molecule has 8 heteroatoms. The summed E-state index contributed by atoms with van der Waals surface area (Å²) in [6, 6.07) is 9.28. The molecule has 0 fully saturated rings. The van der Waals surface area contributed by atoms with Gasteiger partial charge in [0.05, 0.1) is 23.9 Å². The van der Waals surface area contributed by atoms with Crippen molar-refractivity contribution in [2.75, 3.05) is 0 Å². The first-order valence-electron chi connectivity index (χ1n) is 7.51. The van der Waals surface area contributed by atoms with Gasteiger partial charge in [0.1, 0.15) is 0 Å². The monoisotopic (exact) mass is 345 g/mol. The number of aromatic amines is 1. The molecule has 2 aromatic heterocycles. The minimum Gasteiger partial charge on any atom is -0.335 e. The highest BCUT2D eigenvalue weighted by molar-refractivity contribution is 7.89. The summed E-state index contributed by atoms with van der Waals surface area (Å²) in [6.45, 7) is 5.74. The number of aromatic nitrogens is 4. The van der Waals surface area contributed by atoms with Crippen LogP contribution in [0, 0.1) is 13.8 Å². The van der Waals surface area contributed by atoms with Gasteiger partial charge in [0.15, 0.2) is 5.03 Å². The lowest BCUT2D eigenvalue weighted by atomic mass is 10.1. The fourth-order valence-electron chi connectivity index (χ4n) is 2.55. The SMILES string of the molecule is Cc1cc(C)n(-c2ccc([C@H](C)NS(=O)(=O)c3cnc[nH]3)cc2)n1. The highest BCUT2D eigenvalue weighted by Crippen LogP contribution is 2.19. The molecule has 0 saturated heterocycles. The zero-order valence-electron chi connectivity index (χ0n) is 13.7. The molecule has 0 spiro atoms. The van der Waals surface area contributed by atoms with Crippen LogP contribution in [0.25, 0.3) is 5.69 Å². The number of aryl methyl sites for hydroxylation is 2. The normalized spacial score (nSPS) is 13.1. The molecule has 0 aliphatic heterocycles. The third-order valence-electron chi connectivity index (χ3n) is 3.74. The maximum absolute atomic E-state index is 12.2. The van der Waals surface area contributed by atoms with Crippen LogP contribution in [0.2, 0.25) is 0 Å². The molecule has 24 heavy (non-hydrogen) atoms. The molecule has 1 atom stereocenters. The fourth-order valence-corrected chi connectivity index (χ4v) is 3.68. The molecule has 3 aromatic rings. The molecule has 1 aromatic carbocycles. The first-order valence-corrected chi connectivity index (χ1v) is 8.99. The molecule has 2 heterocycles. The topological polar surface area (TPSA) is 92.7 Å². The lowest BCUT2D eigenvalue weighted by Crippen LogP contribution is -2.27. The number of H-pyrrole nitrogens is 1. The molecule has 0 aliphatic carbocycles. The van der Waals surface area contributed by atoms with E-state index in [1.54, 1.807) is 6.92 Å². The van der Waals surface area contributed by atoms with E-state index in [9.17, 15) is 8.42 Å². The van der Waals surface area contributed by atoms with E-state index in [1.807, 2.05) is 48.9 Å². The smallest absolute Gasteiger partial charge is 0.258 e. The van der Waals surface area contributed by atoms with Crippen molar-refractivity contribution in [3.05, 3.63) is 59.8 Å². The van der Waals surface area contributed by atoms with Crippen molar-refractivity contribution in [3.63, 3.8) is 0 Å². The minimum absolute atomic E-state index is 0.0496. The van der Waals surface area contributed by atoms with Crippen LogP contribution < -0.4 is 4.72 Å². The lowest BCUT2D eigenvalue weighted by Gasteiger charge is -2.14. The molecule has 0 radical (unpaired) electrons. The molecule has 7 nitrogen and oxygen atoms in total. The Labute approximate surface area is 140 Å². The molecule has 2 N–H and O–H groups in total. The van der Waals surface area contributed by atoms with Crippen LogP contribution in [-0.4, -0.2) is 28.2 Å². The Hall–Kier alpha value is -2.45. The lowest BCUT2D eigenvalue weighted by molar-refractivity contribution is 0.564. The highest BCUT2D eigenvalue weighted by Gasteiger charge is 2.19. The second-order valence-electron chi connectivity index (χ2n) is 5.69. The Morgan fingerprint density at radius 2 is 1.92 bits per heavy atom. The second-order valence-corrected chi connectivity index (χ2v) is 7.37. The van der Waals surface area contributed by atoms with Crippen molar-refractivity contribution in [1.82, 2.24) is 24.5 Å². The molecule has 0 bridgehead atoms. The first kappa shape index (κ1) is 16.4. The van der Waals surface area contributed by atoms with Crippen LogP contribution in [0.5, 0.6) is 0 Å². The van der Waals surface area contributed by atoms with Gasteiger partial charge in [-0.25, -0.2) is 22.8 Å². The summed E-state index contributed by atoms with van der Waals surface area (Å²) in [5, 5.41) is 4.49. The summed E-state index contributed by atoms with van der Waals surface area (Å²) in [4.78, 5) is 6.34. The average molecular weight is 345 g/mol. The van der Waals surface area contributed by atoms with Crippen molar-refractivity contribution in [2.24, 2.45) is 0 Å². The number of benzene rings is 1. The van der Waals surface area contributed by atoms with Gasteiger partial charge in [0.2, 0.25) is 0 Å². The van der Waals surface area contributed by atoms with Crippen LogP contribution in [0.1, 0.15) is 29.9 Å². The third-order valence-corrected chi connectivity index (χ3v) is 5.21. The van der Waals surface area contributed by atoms with E-state index >= 15 is 0 Å². The summed E-state index contributed by atoms with van der Waals surface area (Å²) in [5.41, 5.74) is 3.81. The molecule has 0 unspecified atom stereocenters. The standard InChI is InChI=1S/C16H19N5O2S/c1-11-8-12(2)21(19-11)15-6-4-14(5-7-15)13(3)20-24(22,23)16-9-17-10-18-16/h4-10,13,20H,1-3H3,(H,17,18)/t13-/m0/s1. The predicted molar refractivity (Wildman–Crippen MR) is 90.4 cm³/mol. The summed E-state index contributed by atoms with van der Waals surface area (Å²) in [6.07, 6.45) is 2.61. The van der Waals surface area contributed by atoms with Crippen molar-refractivity contribution >= 4 is 10.0 Å². The van der Waals surface area contributed by atoms with Crippen LogP contribution in [0.15, 0.2) is 47.9 Å². The quantitative estimate of drug-likeness (QED) is 0.742. The van der Waals surface area contributed by atoms with Gasteiger partial charge in [-0.1, -0.05) is 12.1 Å². The second kappa shape index (κ2) is 6.21. The zero-order valence-corrected chi connectivity index (χ0v) is 14.5. The fraction of sp³-hybridized carbons (Fsp3) is 0.250. The number of rotatable bonds is 5. The van der Waals surface area contributed by atoms with Gasteiger partial charge >= 0.3 is 0 Å². The Bertz CT molecular complexity index is 928. The number of hydrogen-bond donors (Lipinski definition) is 2. The maximum atomic E-state index is 12.2. The molecule has 0 saturated carbocycles. The first-order chi connectivity index (χ1) is 11.4. The average Bonchev–Trinajstić information content (AvgIpc) is 3.17. The molecular formula is C16H19N5O2S. The van der Waals surface area contributed by atoms with E-state index in [2.05, 4.69) is 19.8 Å². The van der Waals surface area contributed by atoms with Crippen LogP contribution in [0.4, 0.5) is 0 Å². The largest absolute Gasteiger partial charge is 0.335 e. The Morgan fingerprint density at radius 3 is 2.46 bits per heavy atom. The van der Waals surface area contributed by atoms with Crippen LogP contribution >= 0.6 is 0 Å². The van der Waals surface area contributed by atoms with Crippen molar-refractivity contribution < 1.29 is 8.42 Å². The molecule has 0 aliphatic rings. The van der Waals surface area contributed by atoms with Crippen molar-refractivity contribution in [1.29, 1.82) is 0 Å². The van der Waals surface area contributed by atoms with Crippen molar-refractivity contribution in [3.8, 4) is 5.69 Å². The highest BCUT2D eigenvalue weighted by atomic mass is 32.2. The van der Waals surface area contributed by atoms with E-state index in [0.29, 0.717) is 0 Å². The van der Waals surface area contributed by atoms with Crippen LogP contribution in [0.3, 0.4) is 0 Å². The van der Waals surface area contributed by atoms with E-state index < -0.39 is 10.0 Å². The molecule has 0 amide bonds. The zero-order chi connectivity index (χ0) is 17.3. The number of nitrogens with zero attached hydrogens (tertiary/aromatic N) is 3. The van der Waals surface area contributed by atoms with Crippen molar-refractivity contribution in [2.45, 2.75) is 31.8 Å². The van der Waals surface area contributed by atoms with Crippen LogP contribution in [-0.2, 0) is 10.0 Å². The summed E-state index contributed by atoms with van der Waals surface area (Å²) < 4.78 is 28.9. The van der Waals surface area contributed by atoms with Gasteiger partial charge in [-0.3, -0.25) is 0 Å². The minimum atomic E-state index is -3.62. The van der Waals surface area contributed by atoms with E-state index in [-0.39, 0.29) is 11.1 Å². The third kappa shape index (κ3) is 3.24. The van der Waals surface area contributed by atoms with E-state index in [0.717, 1.165) is 22.6 Å². The predicted octanol–water partition coefficient (Wildman–Crippen LogP) is 2.25. The number of nitrogens with one attached hydrogen (secondary N) is 2. The summed E-state index contributed by atoms with van der Waals surface area (Å²) in [7, 11) is -3.62. The van der Waals surface area contributed by atoms with E-state index in [4.69, 9.17) is 0 Å². The summed E-state index contributed by atoms with van der Waals surface area (Å²) >= 11 is 0. The van der Waals surface area contributed by atoms with E-state index in [1.165, 1.54) is 12.5 Å². The Balaban J connectivity index is 1.79. The number of sulfonamides is 1. The van der Waals surface area contributed by atoms with Gasteiger partial charge in [-0.2, -0.15) is 5.10 Å². The molecular weight excluding hydrogens is 326 g/mol. The number of imidazole rings is 1. The van der Waals surface area contributed by atoms with Gasteiger partial charge in [0, 0.05) is 11.7 Å². The van der Waals surface area contributed by atoms with Gasteiger partial charge < -0.3 is 4.98 Å². The van der Waals surface area contributed by atoms with Gasteiger partial charge in [0.25, 0.3) is 10.0 Å². The summed E-state index contributed by atoms with van der Waals surface area (Å²) in [5.74, 6) is 0.